The van der Waals surface area contributed by atoms with Crippen LogP contribution in [0, 0.1) is 11.3 Å². The van der Waals surface area contributed by atoms with E-state index in [9.17, 15) is 8.78 Å². The molecule has 11 heavy (non-hydrogen) atoms. The largest absolute Gasteiger partial charge is 0.204 e. The highest BCUT2D eigenvalue weighted by molar-refractivity contribution is 5.27. The maximum absolute atomic E-state index is 12.7. The Morgan fingerprint density at radius 1 is 1.27 bits per heavy atom. The van der Waals surface area contributed by atoms with Crippen molar-refractivity contribution >= 4 is 0 Å². The zero-order chi connectivity index (χ0) is 8.65. The first-order valence-corrected chi connectivity index (χ1v) is 3.69. The Morgan fingerprint density at radius 3 is 2.27 bits per heavy atom. The topological polar surface area (TPSA) is 0 Å². The van der Waals surface area contributed by atoms with E-state index in [1.165, 1.54) is 12.2 Å². The lowest BCUT2D eigenvalue weighted by atomic mass is 9.77. The molecule has 0 amide bonds. The van der Waals surface area contributed by atoms with Gasteiger partial charge in [0.05, 0.1) is 0 Å². The summed E-state index contributed by atoms with van der Waals surface area (Å²) in [5.41, 5.74) is -0.264. The summed E-state index contributed by atoms with van der Waals surface area (Å²) in [5.74, 6) is -1.40. The van der Waals surface area contributed by atoms with Crippen LogP contribution in [0.25, 0.3) is 0 Å². The monoisotopic (exact) mass is 158 g/mol. The summed E-state index contributed by atoms with van der Waals surface area (Å²) in [5, 5.41) is 0. The molecule has 1 aliphatic carbocycles. The van der Waals surface area contributed by atoms with Gasteiger partial charge < -0.3 is 0 Å². The number of halogens is 2. The Balaban J connectivity index is 2.98. The molecule has 0 saturated carbocycles. The van der Waals surface area contributed by atoms with Crippen LogP contribution in [-0.4, -0.2) is 0 Å². The van der Waals surface area contributed by atoms with Crippen LogP contribution in [0.15, 0.2) is 23.8 Å². The molecule has 0 nitrogen and oxygen atoms in total. The van der Waals surface area contributed by atoms with E-state index in [1.54, 1.807) is 0 Å². The molecule has 0 N–H and O–H groups in total. The Bertz CT molecular complexity index is 224. The van der Waals surface area contributed by atoms with Gasteiger partial charge in [0.25, 0.3) is 0 Å². The lowest BCUT2D eigenvalue weighted by molar-refractivity contribution is 0.335. The lowest BCUT2D eigenvalue weighted by Crippen LogP contribution is -2.20. The molecular weight excluding hydrogens is 146 g/mol. The van der Waals surface area contributed by atoms with Crippen molar-refractivity contribution in [3.05, 3.63) is 23.8 Å². The van der Waals surface area contributed by atoms with E-state index in [1.807, 2.05) is 20.8 Å². The second-order valence-corrected chi connectivity index (χ2v) is 3.62. The highest BCUT2D eigenvalue weighted by Gasteiger charge is 2.28. The number of hydrogen-bond acceptors (Lipinski definition) is 0. The summed E-state index contributed by atoms with van der Waals surface area (Å²) < 4.78 is 25.3. The van der Waals surface area contributed by atoms with E-state index in [-0.39, 0.29) is 11.3 Å². The minimum Gasteiger partial charge on any atom is -0.204 e. The van der Waals surface area contributed by atoms with Gasteiger partial charge in [0, 0.05) is 0 Å². The molecule has 0 spiro atoms. The van der Waals surface area contributed by atoms with Crippen LogP contribution in [0.1, 0.15) is 20.8 Å². The Labute approximate surface area is 65.6 Å². The predicted molar refractivity (Wildman–Crippen MR) is 41.3 cm³/mol. The van der Waals surface area contributed by atoms with Crippen LogP contribution in [0.2, 0.25) is 0 Å². The summed E-state index contributed by atoms with van der Waals surface area (Å²) in [6, 6.07) is 0. The van der Waals surface area contributed by atoms with E-state index >= 15 is 0 Å². The number of allylic oxidation sites excluding steroid dienone is 4. The Kier molecular flexibility index (Phi) is 1.87. The molecule has 0 saturated heterocycles. The molecule has 1 atom stereocenters. The van der Waals surface area contributed by atoms with Gasteiger partial charge in [-0.3, -0.25) is 0 Å². The van der Waals surface area contributed by atoms with Crippen LogP contribution in [0.3, 0.4) is 0 Å². The highest BCUT2D eigenvalue weighted by Crippen LogP contribution is 2.37. The van der Waals surface area contributed by atoms with Crippen molar-refractivity contribution in [1.29, 1.82) is 0 Å². The number of rotatable bonds is 0. The van der Waals surface area contributed by atoms with Gasteiger partial charge in [-0.1, -0.05) is 20.8 Å². The van der Waals surface area contributed by atoms with Crippen molar-refractivity contribution in [2.45, 2.75) is 20.8 Å². The quantitative estimate of drug-likeness (QED) is 0.507. The molecule has 1 rings (SSSR count). The van der Waals surface area contributed by atoms with Crippen molar-refractivity contribution in [1.82, 2.24) is 0 Å². The lowest BCUT2D eigenvalue weighted by Gasteiger charge is -2.28. The second-order valence-electron chi connectivity index (χ2n) is 3.62. The summed E-state index contributed by atoms with van der Waals surface area (Å²) in [4.78, 5) is 0. The first-order chi connectivity index (χ1) is 4.93. The first-order valence-electron chi connectivity index (χ1n) is 3.69. The van der Waals surface area contributed by atoms with Gasteiger partial charge in [-0.15, -0.1) is 0 Å². The molecule has 0 radical (unpaired) electrons. The van der Waals surface area contributed by atoms with Crippen molar-refractivity contribution in [3.8, 4) is 0 Å². The highest BCUT2D eigenvalue weighted by atomic mass is 19.2. The first kappa shape index (κ1) is 8.44. The molecule has 1 unspecified atom stereocenters. The van der Waals surface area contributed by atoms with E-state index in [2.05, 4.69) is 0 Å². The van der Waals surface area contributed by atoms with Crippen molar-refractivity contribution < 1.29 is 8.78 Å². The minimum absolute atomic E-state index is 0.0574. The summed E-state index contributed by atoms with van der Waals surface area (Å²) in [6.45, 7) is 5.66. The third-order valence-corrected chi connectivity index (χ3v) is 2.30. The maximum atomic E-state index is 12.7. The zero-order valence-electron chi connectivity index (χ0n) is 6.99. The number of hydrogen-bond donors (Lipinski definition) is 0. The molecule has 0 bridgehead atoms. The van der Waals surface area contributed by atoms with E-state index in [0.29, 0.717) is 0 Å². The van der Waals surface area contributed by atoms with Crippen molar-refractivity contribution in [2.75, 3.05) is 0 Å². The molecule has 0 aromatic rings. The van der Waals surface area contributed by atoms with Crippen LogP contribution < -0.4 is 0 Å². The third-order valence-electron chi connectivity index (χ3n) is 2.30. The van der Waals surface area contributed by atoms with Gasteiger partial charge in [-0.25, -0.2) is 8.78 Å². The van der Waals surface area contributed by atoms with Gasteiger partial charge in [-0.05, 0) is 23.5 Å². The molecule has 0 heterocycles. The summed E-state index contributed by atoms with van der Waals surface area (Å²) in [7, 11) is 0. The van der Waals surface area contributed by atoms with Gasteiger partial charge in [-0.2, -0.15) is 0 Å². The fourth-order valence-corrected chi connectivity index (χ4v) is 1.04. The molecule has 1 aliphatic rings. The van der Waals surface area contributed by atoms with Gasteiger partial charge in [0.15, 0.2) is 11.7 Å². The van der Waals surface area contributed by atoms with Crippen LogP contribution in [0.4, 0.5) is 8.78 Å². The standard InChI is InChI=1S/C9H12F2/c1-6-4-7(10)8(11)5-9(6,2)3/h4-6H,1-3H3. The van der Waals surface area contributed by atoms with Crippen LogP contribution >= 0.6 is 0 Å². The van der Waals surface area contributed by atoms with Crippen LogP contribution in [0.5, 0.6) is 0 Å². The molecule has 0 fully saturated rings. The maximum Gasteiger partial charge on any atom is 0.155 e. The fraction of sp³-hybridized carbons (Fsp3) is 0.556. The van der Waals surface area contributed by atoms with Crippen molar-refractivity contribution in [2.24, 2.45) is 11.3 Å². The Morgan fingerprint density at radius 2 is 1.82 bits per heavy atom. The van der Waals surface area contributed by atoms with Gasteiger partial charge >= 0.3 is 0 Å². The van der Waals surface area contributed by atoms with E-state index in [0.717, 1.165) is 0 Å². The molecular formula is C9H12F2. The van der Waals surface area contributed by atoms with E-state index < -0.39 is 11.7 Å². The molecule has 0 aromatic heterocycles. The zero-order valence-corrected chi connectivity index (χ0v) is 6.99. The smallest absolute Gasteiger partial charge is 0.155 e. The fourth-order valence-electron chi connectivity index (χ4n) is 1.04. The normalized spacial score (nSPS) is 29.4. The predicted octanol–water partition coefficient (Wildman–Crippen LogP) is 3.37. The molecule has 0 aromatic carbocycles. The van der Waals surface area contributed by atoms with Crippen LogP contribution in [-0.2, 0) is 0 Å². The van der Waals surface area contributed by atoms with Crippen molar-refractivity contribution in [3.63, 3.8) is 0 Å². The average Bonchev–Trinajstić information content (AvgIpc) is 1.83. The van der Waals surface area contributed by atoms with Gasteiger partial charge in [0.1, 0.15) is 0 Å². The summed E-state index contributed by atoms with van der Waals surface area (Å²) in [6.07, 6.45) is 2.67. The molecule has 0 aliphatic heterocycles. The van der Waals surface area contributed by atoms with E-state index in [4.69, 9.17) is 0 Å². The Hall–Kier alpha value is -0.660. The second kappa shape index (κ2) is 2.43. The summed E-state index contributed by atoms with van der Waals surface area (Å²) >= 11 is 0. The average molecular weight is 158 g/mol. The molecule has 62 valence electrons. The minimum atomic E-state index is -0.729. The third kappa shape index (κ3) is 1.50. The molecule has 2 heteroatoms. The SMILES string of the molecule is CC1C=C(F)C(F)=CC1(C)C. The van der Waals surface area contributed by atoms with Gasteiger partial charge in [0.2, 0.25) is 0 Å².